The largest absolute Gasteiger partial charge is 0.464 e. The number of benzene rings is 1. The van der Waals surface area contributed by atoms with E-state index >= 15 is 0 Å². The van der Waals surface area contributed by atoms with E-state index < -0.39 is 24.8 Å². The lowest BCUT2D eigenvalue weighted by Gasteiger charge is -2.17. The van der Waals surface area contributed by atoms with Crippen LogP contribution in [-0.4, -0.2) is 31.4 Å². The minimum Gasteiger partial charge on any atom is -0.464 e. The van der Waals surface area contributed by atoms with Crippen LogP contribution >= 0.6 is 0 Å². The van der Waals surface area contributed by atoms with Gasteiger partial charge in [0.15, 0.2) is 6.04 Å². The van der Waals surface area contributed by atoms with Crippen molar-refractivity contribution < 1.29 is 23.5 Å². The highest BCUT2D eigenvalue weighted by Crippen LogP contribution is 2.08. The van der Waals surface area contributed by atoms with Crippen LogP contribution in [0.2, 0.25) is 0 Å². The van der Waals surface area contributed by atoms with Gasteiger partial charge in [-0.3, -0.25) is 0 Å². The van der Waals surface area contributed by atoms with Crippen LogP contribution in [0.5, 0.6) is 0 Å². The molecule has 5 nitrogen and oxygen atoms in total. The maximum Gasteiger partial charge on any atom is 0.408 e. The van der Waals surface area contributed by atoms with Gasteiger partial charge >= 0.3 is 12.1 Å². The highest BCUT2D eigenvalue weighted by molar-refractivity contribution is 5.81. The highest BCUT2D eigenvalue weighted by atomic mass is 19.1. The van der Waals surface area contributed by atoms with Crippen LogP contribution in [0.4, 0.5) is 9.18 Å². The number of alkyl carbamates (subject to hydrolysis) is 1. The molecular formula is C17H24FNO4. The number of hydrogen-bond acceptors (Lipinski definition) is 4. The Bertz CT molecular complexity index is 477. The Kier molecular flexibility index (Phi) is 8.72. The predicted molar refractivity (Wildman–Crippen MR) is 84.6 cm³/mol. The fourth-order valence-corrected chi connectivity index (χ4v) is 1.89. The van der Waals surface area contributed by atoms with Crippen molar-refractivity contribution in [1.29, 1.82) is 0 Å². The standard InChI is InChI=1S/C17H24FNO4/c1-3-13(4-2)11-22-16(20)15(10-18)19-17(21)23-12-14-8-6-5-7-9-14/h5-9,13,15H,3-4,10-12H2,1-2H3,(H,19,21). The summed E-state index contributed by atoms with van der Waals surface area (Å²) < 4.78 is 23.0. The van der Waals surface area contributed by atoms with Crippen LogP contribution in [0.3, 0.4) is 0 Å². The fourth-order valence-electron chi connectivity index (χ4n) is 1.89. The summed E-state index contributed by atoms with van der Waals surface area (Å²) >= 11 is 0. The molecule has 0 radical (unpaired) electrons. The molecule has 1 amide bonds. The molecule has 0 aromatic heterocycles. The molecule has 0 aliphatic carbocycles. The van der Waals surface area contributed by atoms with E-state index in [9.17, 15) is 14.0 Å². The smallest absolute Gasteiger partial charge is 0.408 e. The van der Waals surface area contributed by atoms with Crippen molar-refractivity contribution in [2.75, 3.05) is 13.3 Å². The molecular weight excluding hydrogens is 301 g/mol. The van der Waals surface area contributed by atoms with Gasteiger partial charge in [0.1, 0.15) is 13.3 Å². The van der Waals surface area contributed by atoms with Gasteiger partial charge in [0.05, 0.1) is 6.61 Å². The van der Waals surface area contributed by atoms with Crippen LogP contribution in [0.15, 0.2) is 30.3 Å². The van der Waals surface area contributed by atoms with E-state index in [1.165, 1.54) is 0 Å². The SMILES string of the molecule is CCC(CC)COC(=O)C(CF)NC(=O)OCc1ccccc1. The molecule has 0 saturated heterocycles. The molecule has 1 atom stereocenters. The van der Waals surface area contributed by atoms with E-state index in [1.807, 2.05) is 32.0 Å². The molecule has 0 saturated carbocycles. The second-order valence-electron chi connectivity index (χ2n) is 5.23. The lowest BCUT2D eigenvalue weighted by molar-refractivity contribution is -0.147. The van der Waals surface area contributed by atoms with Gasteiger partial charge in [-0.1, -0.05) is 57.0 Å². The van der Waals surface area contributed by atoms with Gasteiger partial charge in [-0.2, -0.15) is 0 Å². The first kappa shape index (κ1) is 18.9. The second-order valence-corrected chi connectivity index (χ2v) is 5.23. The van der Waals surface area contributed by atoms with Gasteiger partial charge in [-0.05, 0) is 11.5 Å². The summed E-state index contributed by atoms with van der Waals surface area (Å²) in [5.74, 6) is -0.541. The van der Waals surface area contributed by atoms with Crippen LogP contribution in [-0.2, 0) is 20.9 Å². The number of amides is 1. The van der Waals surface area contributed by atoms with Crippen molar-refractivity contribution in [1.82, 2.24) is 5.32 Å². The summed E-state index contributed by atoms with van der Waals surface area (Å²) in [7, 11) is 0. The van der Waals surface area contributed by atoms with Gasteiger partial charge in [0.2, 0.25) is 0 Å². The molecule has 23 heavy (non-hydrogen) atoms. The zero-order valence-corrected chi connectivity index (χ0v) is 13.6. The molecule has 1 aromatic carbocycles. The van der Waals surface area contributed by atoms with Crippen LogP contribution in [0.25, 0.3) is 0 Å². The number of carbonyl (C=O) groups is 2. The third-order valence-electron chi connectivity index (χ3n) is 3.56. The zero-order valence-electron chi connectivity index (χ0n) is 13.6. The van der Waals surface area contributed by atoms with Gasteiger partial charge < -0.3 is 14.8 Å². The predicted octanol–water partition coefficient (Wildman–Crippen LogP) is 3.23. The molecule has 1 aromatic rings. The molecule has 1 N–H and O–H groups in total. The van der Waals surface area contributed by atoms with Gasteiger partial charge in [-0.15, -0.1) is 0 Å². The van der Waals surface area contributed by atoms with E-state index in [0.717, 1.165) is 18.4 Å². The lowest BCUT2D eigenvalue weighted by Crippen LogP contribution is -2.44. The van der Waals surface area contributed by atoms with Crippen molar-refractivity contribution >= 4 is 12.1 Å². The summed E-state index contributed by atoms with van der Waals surface area (Å²) in [6.45, 7) is 3.22. The molecule has 0 spiro atoms. The number of esters is 1. The minimum absolute atomic E-state index is 0.0501. The topological polar surface area (TPSA) is 64.6 Å². The Morgan fingerprint density at radius 1 is 1.13 bits per heavy atom. The van der Waals surface area contributed by atoms with Crippen LogP contribution in [0.1, 0.15) is 32.3 Å². The Balaban J connectivity index is 2.38. The van der Waals surface area contributed by atoms with E-state index in [2.05, 4.69) is 5.32 Å². The van der Waals surface area contributed by atoms with Crippen molar-refractivity contribution in [2.24, 2.45) is 5.92 Å². The van der Waals surface area contributed by atoms with Crippen molar-refractivity contribution in [3.8, 4) is 0 Å². The third-order valence-corrected chi connectivity index (χ3v) is 3.56. The molecule has 0 aliphatic rings. The first-order valence-electron chi connectivity index (χ1n) is 7.80. The molecule has 6 heteroatoms. The van der Waals surface area contributed by atoms with Crippen molar-refractivity contribution in [3.05, 3.63) is 35.9 Å². The minimum atomic E-state index is -1.34. The number of halogens is 1. The third kappa shape index (κ3) is 7.13. The summed E-state index contributed by atoms with van der Waals surface area (Å²) in [4.78, 5) is 23.4. The Labute approximate surface area is 136 Å². The quantitative estimate of drug-likeness (QED) is 0.708. The number of ether oxygens (including phenoxy) is 2. The van der Waals surface area contributed by atoms with Crippen LogP contribution < -0.4 is 5.32 Å². The molecule has 128 valence electrons. The van der Waals surface area contributed by atoms with Crippen molar-refractivity contribution in [2.45, 2.75) is 39.3 Å². The number of alkyl halides is 1. The van der Waals surface area contributed by atoms with E-state index in [-0.39, 0.29) is 19.1 Å². The highest BCUT2D eigenvalue weighted by Gasteiger charge is 2.23. The molecule has 0 heterocycles. The molecule has 0 fully saturated rings. The first-order valence-corrected chi connectivity index (χ1v) is 7.80. The van der Waals surface area contributed by atoms with E-state index in [4.69, 9.17) is 9.47 Å². The number of rotatable bonds is 9. The molecule has 0 bridgehead atoms. The average Bonchev–Trinajstić information content (AvgIpc) is 2.59. The van der Waals surface area contributed by atoms with E-state index in [0.29, 0.717) is 0 Å². The summed E-state index contributed by atoms with van der Waals surface area (Å²) in [5.41, 5.74) is 0.802. The summed E-state index contributed by atoms with van der Waals surface area (Å²) in [6, 6.07) is 7.73. The lowest BCUT2D eigenvalue weighted by atomic mass is 10.1. The number of nitrogens with one attached hydrogen (secondary N) is 1. The molecule has 1 rings (SSSR count). The van der Waals surface area contributed by atoms with E-state index in [1.54, 1.807) is 12.1 Å². The maximum absolute atomic E-state index is 12.9. The normalized spacial score (nSPS) is 11.8. The number of carbonyl (C=O) groups excluding carboxylic acids is 2. The van der Waals surface area contributed by atoms with Crippen molar-refractivity contribution in [3.63, 3.8) is 0 Å². The monoisotopic (exact) mass is 325 g/mol. The maximum atomic E-state index is 12.9. The number of hydrogen-bond donors (Lipinski definition) is 1. The summed E-state index contributed by atoms with van der Waals surface area (Å²) in [6.07, 6.45) is 0.892. The van der Waals surface area contributed by atoms with Gasteiger partial charge in [0, 0.05) is 0 Å². The van der Waals surface area contributed by atoms with Gasteiger partial charge in [0.25, 0.3) is 0 Å². The Hall–Kier alpha value is -2.11. The Morgan fingerprint density at radius 3 is 2.35 bits per heavy atom. The average molecular weight is 325 g/mol. The second kappa shape index (κ2) is 10.6. The molecule has 0 aliphatic heterocycles. The zero-order chi connectivity index (χ0) is 17.1. The van der Waals surface area contributed by atoms with Gasteiger partial charge in [-0.25, -0.2) is 14.0 Å². The Morgan fingerprint density at radius 2 is 1.78 bits per heavy atom. The fraction of sp³-hybridized carbons (Fsp3) is 0.529. The molecule has 1 unspecified atom stereocenters. The van der Waals surface area contributed by atoms with Crippen LogP contribution in [0, 0.1) is 5.92 Å². The summed E-state index contributed by atoms with van der Waals surface area (Å²) in [5, 5.41) is 2.19. The first-order chi connectivity index (χ1) is 11.1.